The molecule has 0 spiro atoms. The van der Waals surface area contributed by atoms with Crippen molar-refractivity contribution in [2.45, 2.75) is 64.6 Å². The molecule has 0 aromatic heterocycles. The van der Waals surface area contributed by atoms with Crippen LogP contribution >= 0.6 is 0 Å². The summed E-state index contributed by atoms with van der Waals surface area (Å²) in [5, 5.41) is 0. The first-order valence-corrected chi connectivity index (χ1v) is 17.3. The van der Waals surface area contributed by atoms with Gasteiger partial charge in [-0.1, -0.05) is 106 Å². The zero-order chi connectivity index (χ0) is 33.8. The predicted molar refractivity (Wildman–Crippen MR) is 190 cm³/mol. The molecular weight excluding hydrogens is 600 g/mol. The lowest BCUT2D eigenvalue weighted by molar-refractivity contribution is -0.261. The Labute approximate surface area is 287 Å². The maximum Gasteiger partial charge on any atom is 0.160 e. The van der Waals surface area contributed by atoms with Crippen molar-refractivity contribution in [1.82, 2.24) is 0 Å². The summed E-state index contributed by atoms with van der Waals surface area (Å²) in [6.07, 6.45) is 2.61. The zero-order valence-corrected chi connectivity index (χ0v) is 29.2. The summed E-state index contributed by atoms with van der Waals surface area (Å²) in [7, 11) is 3.37. The lowest BCUT2D eigenvalue weighted by Crippen LogP contribution is -2.49. The standard InChI is InChI=1S/C42H52O6/c1-31-32(2)40(48-41(33(31)3)46-28-14-8-13-27-45-29-34-15-9-6-10-16-34)30-47-42(35-17-11-7-12-18-35,36-19-23-38(43-4)24-20-36)37-21-25-39(44-5)26-22-37/h6-7,9-12,15-26,31-33,40-41H,8,13-14,27-30H2,1-5H3. The Bertz CT molecular complexity index is 1430. The van der Waals surface area contributed by atoms with Crippen LogP contribution in [0.1, 0.15) is 62.3 Å². The predicted octanol–water partition coefficient (Wildman–Crippen LogP) is 9.05. The molecule has 5 unspecified atom stereocenters. The monoisotopic (exact) mass is 652 g/mol. The molecule has 6 heteroatoms. The van der Waals surface area contributed by atoms with Gasteiger partial charge in [-0.25, -0.2) is 0 Å². The third-order valence-corrected chi connectivity index (χ3v) is 9.95. The van der Waals surface area contributed by atoms with Crippen molar-refractivity contribution in [1.29, 1.82) is 0 Å². The second kappa shape index (κ2) is 17.6. The van der Waals surface area contributed by atoms with Crippen LogP contribution in [0.5, 0.6) is 11.5 Å². The van der Waals surface area contributed by atoms with E-state index in [0.717, 1.165) is 54.1 Å². The zero-order valence-electron chi connectivity index (χ0n) is 29.2. The highest BCUT2D eigenvalue weighted by molar-refractivity contribution is 5.49. The highest BCUT2D eigenvalue weighted by Gasteiger charge is 2.43. The van der Waals surface area contributed by atoms with E-state index >= 15 is 0 Å². The molecule has 256 valence electrons. The molecule has 6 nitrogen and oxygen atoms in total. The molecule has 0 amide bonds. The number of ether oxygens (including phenoxy) is 6. The minimum absolute atomic E-state index is 0.146. The maximum absolute atomic E-state index is 7.21. The fourth-order valence-corrected chi connectivity index (χ4v) is 6.60. The number of rotatable bonds is 17. The third kappa shape index (κ3) is 8.66. The Kier molecular flexibility index (Phi) is 13.1. The summed E-state index contributed by atoms with van der Waals surface area (Å²) in [5.74, 6) is 2.54. The minimum atomic E-state index is -0.895. The fraction of sp³-hybridized carbons (Fsp3) is 0.429. The molecule has 1 aliphatic rings. The van der Waals surface area contributed by atoms with Crippen LogP contribution in [-0.2, 0) is 31.2 Å². The van der Waals surface area contributed by atoms with E-state index in [0.29, 0.717) is 25.7 Å². The summed E-state index contributed by atoms with van der Waals surface area (Å²) in [6.45, 7) is 9.28. The van der Waals surface area contributed by atoms with E-state index in [1.165, 1.54) is 5.56 Å². The summed E-state index contributed by atoms with van der Waals surface area (Å²) < 4.78 is 37.2. The number of hydrogen-bond donors (Lipinski definition) is 0. The van der Waals surface area contributed by atoms with Gasteiger partial charge < -0.3 is 28.4 Å². The first-order chi connectivity index (χ1) is 23.5. The third-order valence-electron chi connectivity index (χ3n) is 9.95. The van der Waals surface area contributed by atoms with Gasteiger partial charge in [0, 0.05) is 19.1 Å². The number of benzene rings is 4. The van der Waals surface area contributed by atoms with E-state index in [4.69, 9.17) is 28.4 Å². The molecule has 0 saturated carbocycles. The SMILES string of the molecule is COc1ccc(C(OCC2OC(OCCCCCOCc3ccccc3)C(C)C(C)C2C)(c2ccccc2)c2ccc(OC)cc2)cc1. The smallest absolute Gasteiger partial charge is 0.160 e. The lowest BCUT2D eigenvalue weighted by Gasteiger charge is -2.45. The maximum atomic E-state index is 7.21. The van der Waals surface area contributed by atoms with E-state index in [9.17, 15) is 0 Å². The van der Waals surface area contributed by atoms with Gasteiger partial charge >= 0.3 is 0 Å². The van der Waals surface area contributed by atoms with E-state index in [1.54, 1.807) is 14.2 Å². The van der Waals surface area contributed by atoms with Crippen LogP contribution in [0, 0.1) is 17.8 Å². The molecule has 1 heterocycles. The van der Waals surface area contributed by atoms with Crippen molar-refractivity contribution >= 4 is 0 Å². The van der Waals surface area contributed by atoms with Crippen LogP contribution < -0.4 is 9.47 Å². The number of unbranched alkanes of at least 4 members (excludes halogenated alkanes) is 2. The molecule has 48 heavy (non-hydrogen) atoms. The quantitative estimate of drug-likeness (QED) is 0.0838. The molecule has 4 aromatic carbocycles. The van der Waals surface area contributed by atoms with Gasteiger partial charge in [-0.3, -0.25) is 0 Å². The normalized spacial score (nSPS) is 21.1. The van der Waals surface area contributed by atoms with Crippen LogP contribution in [0.4, 0.5) is 0 Å². The molecule has 0 aliphatic carbocycles. The van der Waals surface area contributed by atoms with E-state index in [1.807, 2.05) is 48.5 Å². The average Bonchev–Trinajstić information content (AvgIpc) is 3.14. The van der Waals surface area contributed by atoms with E-state index < -0.39 is 5.60 Å². The van der Waals surface area contributed by atoms with Crippen LogP contribution in [0.2, 0.25) is 0 Å². The van der Waals surface area contributed by atoms with Gasteiger partial charge in [-0.2, -0.15) is 0 Å². The van der Waals surface area contributed by atoms with Gasteiger partial charge in [0.1, 0.15) is 17.1 Å². The van der Waals surface area contributed by atoms with Crippen molar-refractivity contribution in [2.75, 3.05) is 34.0 Å². The molecule has 0 bridgehead atoms. The van der Waals surface area contributed by atoms with Crippen molar-refractivity contribution in [3.63, 3.8) is 0 Å². The molecule has 0 N–H and O–H groups in total. The fourth-order valence-electron chi connectivity index (χ4n) is 6.60. The Morgan fingerprint density at radius 1 is 0.583 bits per heavy atom. The Balaban J connectivity index is 1.27. The summed E-state index contributed by atoms with van der Waals surface area (Å²) in [6, 6.07) is 37.0. The first-order valence-electron chi connectivity index (χ1n) is 17.3. The number of hydrogen-bond acceptors (Lipinski definition) is 6. The second-order valence-corrected chi connectivity index (χ2v) is 12.9. The lowest BCUT2D eigenvalue weighted by atomic mass is 9.78. The van der Waals surface area contributed by atoms with Crippen molar-refractivity contribution in [3.8, 4) is 11.5 Å². The molecule has 4 aromatic rings. The van der Waals surface area contributed by atoms with Gasteiger partial charge in [0.2, 0.25) is 0 Å². The van der Waals surface area contributed by atoms with Gasteiger partial charge in [0.15, 0.2) is 6.29 Å². The summed E-state index contributed by atoms with van der Waals surface area (Å²) in [4.78, 5) is 0. The van der Waals surface area contributed by atoms with Crippen LogP contribution in [0.3, 0.4) is 0 Å². The number of methoxy groups -OCH3 is 2. The van der Waals surface area contributed by atoms with E-state index in [-0.39, 0.29) is 24.2 Å². The molecule has 1 fully saturated rings. The molecule has 0 radical (unpaired) electrons. The highest BCUT2D eigenvalue weighted by atomic mass is 16.7. The minimum Gasteiger partial charge on any atom is -0.497 e. The van der Waals surface area contributed by atoms with Crippen molar-refractivity contribution in [3.05, 3.63) is 131 Å². The van der Waals surface area contributed by atoms with Gasteiger partial charge in [-0.05, 0) is 77.6 Å². The van der Waals surface area contributed by atoms with Crippen LogP contribution in [0.15, 0.2) is 109 Å². The first kappa shape index (κ1) is 35.6. The Morgan fingerprint density at radius 3 is 1.71 bits per heavy atom. The van der Waals surface area contributed by atoms with Gasteiger partial charge in [-0.15, -0.1) is 0 Å². The van der Waals surface area contributed by atoms with Gasteiger partial charge in [0.25, 0.3) is 0 Å². The second-order valence-electron chi connectivity index (χ2n) is 12.9. The summed E-state index contributed by atoms with van der Waals surface area (Å²) in [5.41, 5.74) is 3.36. The molecule has 1 aliphatic heterocycles. The molecular formula is C42H52O6. The van der Waals surface area contributed by atoms with E-state index in [2.05, 4.69) is 81.4 Å². The molecule has 5 rings (SSSR count). The molecule has 1 saturated heterocycles. The largest absolute Gasteiger partial charge is 0.497 e. The topological polar surface area (TPSA) is 55.4 Å². The van der Waals surface area contributed by atoms with Crippen LogP contribution in [-0.4, -0.2) is 46.4 Å². The Hall–Kier alpha value is -3.68. The van der Waals surface area contributed by atoms with Crippen molar-refractivity contribution < 1.29 is 28.4 Å². The van der Waals surface area contributed by atoms with Crippen molar-refractivity contribution in [2.24, 2.45) is 17.8 Å². The van der Waals surface area contributed by atoms with Gasteiger partial charge in [0.05, 0.1) is 33.5 Å². The Morgan fingerprint density at radius 2 is 1.12 bits per heavy atom. The summed E-state index contributed by atoms with van der Waals surface area (Å²) >= 11 is 0. The average molecular weight is 653 g/mol. The highest BCUT2D eigenvalue weighted by Crippen LogP contribution is 2.43. The van der Waals surface area contributed by atoms with Crippen LogP contribution in [0.25, 0.3) is 0 Å². The molecule has 5 atom stereocenters.